The summed E-state index contributed by atoms with van der Waals surface area (Å²) in [5, 5.41) is 13.4. The lowest BCUT2D eigenvalue weighted by Crippen LogP contribution is -2.13. The van der Waals surface area contributed by atoms with E-state index in [2.05, 4.69) is 9.69 Å². The number of benzene rings is 1. The molecular formula is C15H16N2O3S. The normalized spacial score (nSPS) is 11.9. The van der Waals surface area contributed by atoms with Crippen LogP contribution in [0, 0.1) is 12.8 Å². The molecule has 0 fully saturated rings. The van der Waals surface area contributed by atoms with Gasteiger partial charge in [-0.15, -0.1) is 0 Å². The molecule has 1 aromatic carbocycles. The van der Waals surface area contributed by atoms with Crippen molar-refractivity contribution in [2.75, 3.05) is 5.32 Å². The highest BCUT2D eigenvalue weighted by Crippen LogP contribution is 2.16. The van der Waals surface area contributed by atoms with E-state index in [-0.39, 0.29) is 5.91 Å². The molecule has 1 aromatic heterocycles. The number of hydrogen-bond acceptors (Lipinski definition) is 4. The van der Waals surface area contributed by atoms with Gasteiger partial charge in [-0.05, 0) is 42.6 Å². The Balaban J connectivity index is 2.01. The standard InChI is InChI=1S/C15H16N2O3S/c1-9(15(19)20)7-11-3-5-12(6-4-11)16-14(18)13-8-21-17-10(13)2/h3-6,8-9H,7H2,1-2H3,(H,16,18)(H,19,20). The summed E-state index contributed by atoms with van der Waals surface area (Å²) in [5.74, 6) is -1.43. The topological polar surface area (TPSA) is 79.3 Å². The molecule has 0 spiro atoms. The SMILES string of the molecule is Cc1nscc1C(=O)Nc1ccc(CC(C)C(=O)O)cc1. The van der Waals surface area contributed by atoms with E-state index in [9.17, 15) is 9.59 Å². The van der Waals surface area contributed by atoms with E-state index < -0.39 is 11.9 Å². The summed E-state index contributed by atoms with van der Waals surface area (Å²) in [6.07, 6.45) is 0.469. The number of carboxylic acid groups (broad SMARTS) is 1. The fraction of sp³-hybridized carbons (Fsp3) is 0.267. The van der Waals surface area contributed by atoms with E-state index in [0.29, 0.717) is 23.4 Å². The third-order valence-corrected chi connectivity index (χ3v) is 3.89. The number of carbonyl (C=O) groups excluding carboxylic acids is 1. The fourth-order valence-electron chi connectivity index (χ4n) is 1.87. The van der Waals surface area contributed by atoms with Crippen molar-refractivity contribution in [3.8, 4) is 0 Å². The van der Waals surface area contributed by atoms with Gasteiger partial charge in [0.25, 0.3) is 5.91 Å². The lowest BCUT2D eigenvalue weighted by Gasteiger charge is -2.08. The average Bonchev–Trinajstić information content (AvgIpc) is 2.87. The van der Waals surface area contributed by atoms with Crippen LogP contribution in [0.15, 0.2) is 29.6 Å². The lowest BCUT2D eigenvalue weighted by molar-refractivity contribution is -0.141. The van der Waals surface area contributed by atoms with Crippen molar-refractivity contribution in [1.29, 1.82) is 0 Å². The molecule has 110 valence electrons. The Bertz CT molecular complexity index is 649. The number of nitrogens with zero attached hydrogens (tertiary/aromatic N) is 1. The van der Waals surface area contributed by atoms with Gasteiger partial charge in [0.15, 0.2) is 0 Å². The molecule has 0 aliphatic carbocycles. The summed E-state index contributed by atoms with van der Waals surface area (Å²) >= 11 is 1.25. The molecule has 1 heterocycles. The van der Waals surface area contributed by atoms with Crippen LogP contribution in [0.25, 0.3) is 0 Å². The lowest BCUT2D eigenvalue weighted by atomic mass is 10.0. The maximum atomic E-state index is 12.0. The quantitative estimate of drug-likeness (QED) is 0.890. The summed E-state index contributed by atoms with van der Waals surface area (Å²) in [6, 6.07) is 7.20. The van der Waals surface area contributed by atoms with E-state index in [1.807, 2.05) is 12.1 Å². The van der Waals surface area contributed by atoms with Gasteiger partial charge >= 0.3 is 5.97 Å². The molecule has 0 radical (unpaired) electrons. The van der Waals surface area contributed by atoms with Crippen LogP contribution in [-0.4, -0.2) is 21.4 Å². The van der Waals surface area contributed by atoms with Crippen LogP contribution in [0.2, 0.25) is 0 Å². The first-order chi connectivity index (χ1) is 9.97. The number of anilines is 1. The summed E-state index contributed by atoms with van der Waals surface area (Å²) in [6.45, 7) is 3.46. The molecule has 2 rings (SSSR count). The molecule has 0 aliphatic rings. The van der Waals surface area contributed by atoms with E-state index in [1.54, 1.807) is 31.4 Å². The van der Waals surface area contributed by atoms with Crippen molar-refractivity contribution in [1.82, 2.24) is 4.37 Å². The zero-order valence-corrected chi connectivity index (χ0v) is 12.6. The Labute approximate surface area is 126 Å². The number of aliphatic carboxylic acids is 1. The molecule has 2 aromatic rings. The minimum absolute atomic E-state index is 0.187. The van der Waals surface area contributed by atoms with Crippen LogP contribution in [0.4, 0.5) is 5.69 Å². The van der Waals surface area contributed by atoms with Gasteiger partial charge in [0.1, 0.15) is 0 Å². The number of aromatic nitrogens is 1. The van der Waals surface area contributed by atoms with Gasteiger partial charge in [0, 0.05) is 11.1 Å². The molecule has 2 N–H and O–H groups in total. The maximum absolute atomic E-state index is 12.0. The van der Waals surface area contributed by atoms with Gasteiger partial charge in [0.2, 0.25) is 0 Å². The highest BCUT2D eigenvalue weighted by atomic mass is 32.1. The fourth-order valence-corrected chi connectivity index (χ4v) is 2.57. The monoisotopic (exact) mass is 304 g/mol. The zero-order valence-electron chi connectivity index (χ0n) is 11.8. The number of nitrogens with one attached hydrogen (secondary N) is 1. The van der Waals surface area contributed by atoms with Crippen molar-refractivity contribution in [3.63, 3.8) is 0 Å². The molecule has 21 heavy (non-hydrogen) atoms. The molecule has 1 amide bonds. The van der Waals surface area contributed by atoms with Crippen molar-refractivity contribution < 1.29 is 14.7 Å². The van der Waals surface area contributed by atoms with E-state index in [0.717, 1.165) is 5.56 Å². The van der Waals surface area contributed by atoms with E-state index in [4.69, 9.17) is 5.11 Å². The van der Waals surface area contributed by atoms with Gasteiger partial charge in [0.05, 0.1) is 17.2 Å². The molecule has 0 bridgehead atoms. The molecule has 1 atom stereocenters. The largest absolute Gasteiger partial charge is 0.481 e. The molecule has 0 saturated carbocycles. The summed E-state index contributed by atoms with van der Waals surface area (Å²) in [7, 11) is 0. The Morgan fingerprint density at radius 1 is 1.33 bits per heavy atom. The van der Waals surface area contributed by atoms with Gasteiger partial charge in [-0.3, -0.25) is 9.59 Å². The Morgan fingerprint density at radius 2 is 2.00 bits per heavy atom. The predicted molar refractivity (Wildman–Crippen MR) is 81.8 cm³/mol. The van der Waals surface area contributed by atoms with E-state index in [1.165, 1.54) is 11.5 Å². The third-order valence-electron chi connectivity index (χ3n) is 3.17. The number of rotatable bonds is 5. The second kappa shape index (κ2) is 6.49. The van der Waals surface area contributed by atoms with Gasteiger partial charge in [-0.1, -0.05) is 19.1 Å². The zero-order chi connectivity index (χ0) is 15.4. The predicted octanol–water partition coefficient (Wildman–Crippen LogP) is 2.97. The maximum Gasteiger partial charge on any atom is 0.306 e. The number of amides is 1. The number of carboxylic acids is 1. The first kappa shape index (κ1) is 15.2. The molecule has 1 unspecified atom stereocenters. The van der Waals surface area contributed by atoms with Crippen molar-refractivity contribution in [3.05, 3.63) is 46.5 Å². The first-order valence-electron chi connectivity index (χ1n) is 6.51. The minimum atomic E-state index is -0.812. The molecule has 0 saturated heterocycles. The van der Waals surface area contributed by atoms with Gasteiger partial charge < -0.3 is 10.4 Å². The molecule has 6 heteroatoms. The third kappa shape index (κ3) is 3.88. The number of aryl methyl sites for hydroxylation is 1. The van der Waals surface area contributed by atoms with Crippen LogP contribution in [0.5, 0.6) is 0 Å². The molecule has 5 nitrogen and oxygen atoms in total. The van der Waals surface area contributed by atoms with Gasteiger partial charge in [-0.25, -0.2) is 0 Å². The van der Waals surface area contributed by atoms with Gasteiger partial charge in [-0.2, -0.15) is 4.37 Å². The summed E-state index contributed by atoms with van der Waals surface area (Å²) in [5.41, 5.74) is 2.89. The Hall–Kier alpha value is -2.21. The molecule has 0 aliphatic heterocycles. The van der Waals surface area contributed by atoms with Crippen LogP contribution in [-0.2, 0) is 11.2 Å². The second-order valence-electron chi connectivity index (χ2n) is 4.91. The summed E-state index contributed by atoms with van der Waals surface area (Å²) < 4.78 is 4.07. The first-order valence-corrected chi connectivity index (χ1v) is 7.35. The Kier molecular flexibility index (Phi) is 4.70. The van der Waals surface area contributed by atoms with Crippen LogP contribution >= 0.6 is 11.5 Å². The summed E-state index contributed by atoms with van der Waals surface area (Å²) in [4.78, 5) is 22.8. The minimum Gasteiger partial charge on any atom is -0.481 e. The smallest absolute Gasteiger partial charge is 0.306 e. The second-order valence-corrected chi connectivity index (χ2v) is 5.54. The highest BCUT2D eigenvalue weighted by Gasteiger charge is 2.13. The van der Waals surface area contributed by atoms with Crippen LogP contribution in [0.1, 0.15) is 28.5 Å². The van der Waals surface area contributed by atoms with Crippen LogP contribution < -0.4 is 5.32 Å². The van der Waals surface area contributed by atoms with Crippen molar-refractivity contribution in [2.24, 2.45) is 5.92 Å². The van der Waals surface area contributed by atoms with Crippen molar-refractivity contribution in [2.45, 2.75) is 20.3 Å². The number of hydrogen-bond donors (Lipinski definition) is 2. The molecular weight excluding hydrogens is 288 g/mol. The number of carbonyl (C=O) groups is 2. The average molecular weight is 304 g/mol. The highest BCUT2D eigenvalue weighted by molar-refractivity contribution is 7.04. The van der Waals surface area contributed by atoms with Crippen molar-refractivity contribution >= 4 is 29.1 Å². The van der Waals surface area contributed by atoms with Crippen LogP contribution in [0.3, 0.4) is 0 Å². The van der Waals surface area contributed by atoms with E-state index >= 15 is 0 Å². The Morgan fingerprint density at radius 3 is 2.52 bits per heavy atom.